The first-order valence-electron chi connectivity index (χ1n) is 10.8. The van der Waals surface area contributed by atoms with Gasteiger partial charge in [-0.2, -0.15) is 0 Å². The fraction of sp³-hybridized carbons (Fsp3) is 0.762. The Balaban J connectivity index is 1.87. The molecule has 3 amide bonds. The molecule has 2 fully saturated rings. The summed E-state index contributed by atoms with van der Waals surface area (Å²) in [5.41, 5.74) is -0.727. The third-order valence-corrected chi connectivity index (χ3v) is 5.96. The van der Waals surface area contributed by atoms with Crippen LogP contribution >= 0.6 is 0 Å². The summed E-state index contributed by atoms with van der Waals surface area (Å²) in [6, 6.07) is -1.46. The van der Waals surface area contributed by atoms with E-state index in [2.05, 4.69) is 20.9 Å². The Morgan fingerprint density at radius 3 is 2.35 bits per heavy atom. The van der Waals surface area contributed by atoms with Crippen molar-refractivity contribution in [3.8, 4) is 0 Å². The van der Waals surface area contributed by atoms with Crippen LogP contribution in [0.3, 0.4) is 0 Å². The minimum Gasteiger partial charge on any atom is -0.391 e. The lowest BCUT2D eigenvalue weighted by Crippen LogP contribution is -2.49. The van der Waals surface area contributed by atoms with Crippen LogP contribution in [-0.4, -0.2) is 68.5 Å². The van der Waals surface area contributed by atoms with Gasteiger partial charge in [0.1, 0.15) is 17.8 Å². The highest BCUT2D eigenvalue weighted by Gasteiger charge is 2.45. The lowest BCUT2D eigenvalue weighted by Gasteiger charge is -2.34. The average Bonchev–Trinajstić information content (AvgIpc) is 3.28. The number of hydrogen-bond donors (Lipinski definition) is 3. The molecule has 10 nitrogen and oxygen atoms in total. The van der Waals surface area contributed by atoms with E-state index in [-0.39, 0.29) is 36.6 Å². The smallest absolute Gasteiger partial charge is 0.248 e. The van der Waals surface area contributed by atoms with E-state index in [1.165, 1.54) is 16.6 Å². The molecule has 10 heteroatoms. The Hall–Kier alpha value is -2.49. The zero-order valence-electron chi connectivity index (χ0n) is 19.2. The maximum atomic E-state index is 13.6. The van der Waals surface area contributed by atoms with Crippen molar-refractivity contribution in [1.82, 2.24) is 30.5 Å². The standard InChI is InChI=1S/C21H34N6O4/c1-20(2,3)16(19(31)26-10-13(28)9-14(26)18(30)22-6)27-11-15(24-25-27)21(4,5)23-17(29)12-7-8-12/h11-14,16,28H,7-10H2,1-6H3,(H,22,30)(H,23,29)/t13?,14-,16?/m1/s1. The first-order valence-corrected chi connectivity index (χ1v) is 10.8. The second-order valence-electron chi connectivity index (χ2n) is 10.3. The van der Waals surface area contributed by atoms with Gasteiger partial charge < -0.3 is 20.6 Å². The number of nitrogens with zero attached hydrogens (tertiary/aromatic N) is 4. The van der Waals surface area contributed by atoms with Crippen LogP contribution in [0.1, 0.15) is 65.6 Å². The molecule has 1 aliphatic heterocycles. The van der Waals surface area contributed by atoms with Crippen LogP contribution in [0.5, 0.6) is 0 Å². The number of aromatic nitrogens is 3. The number of aliphatic hydroxyl groups excluding tert-OH is 1. The topological polar surface area (TPSA) is 129 Å². The van der Waals surface area contributed by atoms with Crippen LogP contribution in [0.25, 0.3) is 0 Å². The Bertz CT molecular complexity index is 854. The third kappa shape index (κ3) is 4.89. The van der Waals surface area contributed by atoms with E-state index in [1.807, 2.05) is 34.6 Å². The minimum absolute atomic E-state index is 0.00229. The van der Waals surface area contributed by atoms with Gasteiger partial charge in [-0.1, -0.05) is 26.0 Å². The summed E-state index contributed by atoms with van der Waals surface area (Å²) in [4.78, 5) is 39.5. The van der Waals surface area contributed by atoms with Gasteiger partial charge in [0, 0.05) is 25.9 Å². The monoisotopic (exact) mass is 434 g/mol. The van der Waals surface area contributed by atoms with Gasteiger partial charge in [0.15, 0.2) is 0 Å². The number of nitrogens with one attached hydrogen (secondary N) is 2. The Morgan fingerprint density at radius 2 is 1.81 bits per heavy atom. The largest absolute Gasteiger partial charge is 0.391 e. The molecule has 3 rings (SSSR count). The van der Waals surface area contributed by atoms with Crippen molar-refractivity contribution >= 4 is 17.7 Å². The zero-order chi connectivity index (χ0) is 23.1. The van der Waals surface area contributed by atoms with Crippen molar-refractivity contribution in [2.45, 2.75) is 77.6 Å². The summed E-state index contributed by atoms with van der Waals surface area (Å²) in [7, 11) is 1.51. The molecule has 1 aliphatic carbocycles. The summed E-state index contributed by atoms with van der Waals surface area (Å²) in [5.74, 6) is -0.529. The number of hydrogen-bond acceptors (Lipinski definition) is 6. The molecule has 0 bridgehead atoms. The summed E-state index contributed by atoms with van der Waals surface area (Å²) >= 11 is 0. The van der Waals surface area contributed by atoms with Crippen molar-refractivity contribution in [2.24, 2.45) is 11.3 Å². The molecule has 0 aromatic carbocycles. The molecule has 172 valence electrons. The van der Waals surface area contributed by atoms with Gasteiger partial charge >= 0.3 is 0 Å². The summed E-state index contributed by atoms with van der Waals surface area (Å²) in [6.45, 7) is 9.55. The van der Waals surface area contributed by atoms with Crippen molar-refractivity contribution in [2.75, 3.05) is 13.6 Å². The Kier molecular flexibility index (Phi) is 6.14. The Morgan fingerprint density at radius 1 is 1.16 bits per heavy atom. The van der Waals surface area contributed by atoms with Crippen LogP contribution in [0.4, 0.5) is 0 Å². The quantitative estimate of drug-likeness (QED) is 0.592. The van der Waals surface area contributed by atoms with E-state index >= 15 is 0 Å². The van der Waals surface area contributed by atoms with Gasteiger partial charge in [-0.25, -0.2) is 4.68 Å². The zero-order valence-corrected chi connectivity index (χ0v) is 19.2. The molecule has 1 saturated carbocycles. The summed E-state index contributed by atoms with van der Waals surface area (Å²) < 4.78 is 1.51. The van der Waals surface area contributed by atoms with Crippen LogP contribution in [0, 0.1) is 11.3 Å². The maximum Gasteiger partial charge on any atom is 0.248 e. The lowest BCUT2D eigenvalue weighted by molar-refractivity contribution is -0.144. The van der Waals surface area contributed by atoms with Gasteiger partial charge in [-0.05, 0) is 32.1 Å². The predicted octanol–water partition coefficient (Wildman–Crippen LogP) is 0.334. The number of likely N-dealkylation sites (tertiary alicyclic amines) is 1. The molecule has 2 heterocycles. The second kappa shape index (κ2) is 8.22. The van der Waals surface area contributed by atoms with Gasteiger partial charge in [0.2, 0.25) is 17.7 Å². The minimum atomic E-state index is -0.755. The fourth-order valence-corrected chi connectivity index (χ4v) is 4.02. The first-order chi connectivity index (χ1) is 14.3. The molecule has 2 aliphatic rings. The summed E-state index contributed by atoms with van der Waals surface area (Å²) in [6.07, 6.45) is 2.94. The number of rotatable bonds is 6. The molecule has 1 aromatic rings. The molecule has 0 radical (unpaired) electrons. The normalized spacial score (nSPS) is 22.9. The van der Waals surface area contributed by atoms with E-state index in [4.69, 9.17) is 0 Å². The lowest BCUT2D eigenvalue weighted by atomic mass is 9.85. The van der Waals surface area contributed by atoms with Crippen molar-refractivity contribution in [3.63, 3.8) is 0 Å². The number of aliphatic hydroxyl groups is 1. The molecule has 1 saturated heterocycles. The van der Waals surface area contributed by atoms with E-state index < -0.39 is 29.1 Å². The Labute approximate surface area is 182 Å². The maximum absolute atomic E-state index is 13.6. The first kappa shape index (κ1) is 23.2. The second-order valence-corrected chi connectivity index (χ2v) is 10.3. The summed E-state index contributed by atoms with van der Waals surface area (Å²) in [5, 5.41) is 24.2. The van der Waals surface area contributed by atoms with Gasteiger partial charge in [0.25, 0.3) is 0 Å². The highest BCUT2D eigenvalue weighted by Crippen LogP contribution is 2.35. The van der Waals surface area contributed by atoms with E-state index in [0.29, 0.717) is 5.69 Å². The fourth-order valence-electron chi connectivity index (χ4n) is 4.02. The number of amides is 3. The van der Waals surface area contributed by atoms with Crippen LogP contribution in [0.2, 0.25) is 0 Å². The van der Waals surface area contributed by atoms with Crippen molar-refractivity contribution in [1.29, 1.82) is 0 Å². The molecule has 3 atom stereocenters. The highest BCUT2D eigenvalue weighted by molar-refractivity contribution is 5.90. The number of carbonyl (C=O) groups excluding carboxylic acids is 3. The molecule has 2 unspecified atom stereocenters. The third-order valence-electron chi connectivity index (χ3n) is 5.96. The van der Waals surface area contributed by atoms with Crippen molar-refractivity contribution < 1.29 is 19.5 Å². The highest BCUT2D eigenvalue weighted by atomic mass is 16.3. The molecule has 0 spiro atoms. The van der Waals surface area contributed by atoms with Crippen molar-refractivity contribution in [3.05, 3.63) is 11.9 Å². The van der Waals surface area contributed by atoms with E-state index in [1.54, 1.807) is 6.20 Å². The number of β-amino-alcohol motifs (C(OH)–C–C–N with tert-alkyl or cyclic N) is 1. The number of carbonyl (C=O) groups is 3. The van der Waals surface area contributed by atoms with Crippen LogP contribution < -0.4 is 10.6 Å². The molecule has 3 N–H and O–H groups in total. The molecule has 1 aromatic heterocycles. The van der Waals surface area contributed by atoms with Crippen LogP contribution in [0.15, 0.2) is 6.20 Å². The molecular formula is C21H34N6O4. The molecular weight excluding hydrogens is 400 g/mol. The van der Waals surface area contributed by atoms with Gasteiger partial charge in [-0.3, -0.25) is 14.4 Å². The van der Waals surface area contributed by atoms with E-state index in [9.17, 15) is 19.5 Å². The van der Waals surface area contributed by atoms with E-state index in [0.717, 1.165) is 12.8 Å². The van der Waals surface area contributed by atoms with Crippen LogP contribution in [-0.2, 0) is 19.9 Å². The van der Waals surface area contributed by atoms with Gasteiger partial charge in [0.05, 0.1) is 17.8 Å². The average molecular weight is 435 g/mol. The predicted molar refractivity (Wildman–Crippen MR) is 113 cm³/mol. The SMILES string of the molecule is CNC(=O)[C@H]1CC(O)CN1C(=O)C(n1cc(C(C)(C)NC(=O)C2CC2)nn1)C(C)(C)C. The number of likely N-dealkylation sites (N-methyl/N-ethyl adjacent to an activating group) is 1. The van der Waals surface area contributed by atoms with Gasteiger partial charge in [-0.15, -0.1) is 5.10 Å². The molecule has 31 heavy (non-hydrogen) atoms.